The molecule has 2 heterocycles. The van der Waals surface area contributed by atoms with Gasteiger partial charge in [-0.3, -0.25) is 0 Å². The van der Waals surface area contributed by atoms with Crippen LogP contribution in [-0.4, -0.2) is 32.4 Å². The molecule has 0 saturated heterocycles. The Labute approximate surface area is 184 Å². The van der Waals surface area contributed by atoms with Gasteiger partial charge in [-0.15, -0.1) is 0 Å². The van der Waals surface area contributed by atoms with Crippen LogP contribution in [0.2, 0.25) is 0 Å². The Bertz CT molecular complexity index is 1220. The molecule has 3 aromatic rings. The summed E-state index contributed by atoms with van der Waals surface area (Å²) >= 11 is 3.36. The van der Waals surface area contributed by atoms with Gasteiger partial charge in [-0.2, -0.15) is 4.57 Å². The van der Waals surface area contributed by atoms with Crippen molar-refractivity contribution in [1.82, 2.24) is 0 Å². The first-order chi connectivity index (χ1) is 14.4. The minimum absolute atomic E-state index is 0.287. The molecule has 30 heavy (non-hydrogen) atoms. The molecule has 0 N–H and O–H groups in total. The first-order valence-corrected chi connectivity index (χ1v) is 12.8. The lowest BCUT2D eigenvalue weighted by atomic mass is 10.2. The van der Waals surface area contributed by atoms with Gasteiger partial charge in [0.05, 0.1) is 34.0 Å². The smallest absolute Gasteiger partial charge is 0.265 e. The number of aryl methyl sites for hydroxylation is 1. The molecule has 1 aliphatic rings. The number of fused-ring (bicyclic) bond motifs is 2. The van der Waals surface area contributed by atoms with Crippen LogP contribution in [0.25, 0.3) is 16.3 Å². The zero-order valence-electron chi connectivity index (χ0n) is 16.7. The Kier molecular flexibility index (Phi) is 6.06. The number of benzene rings is 2. The Morgan fingerprint density at radius 2 is 2.03 bits per heavy atom. The summed E-state index contributed by atoms with van der Waals surface area (Å²) in [4.78, 5) is 3.41. The molecule has 0 unspecified atom stereocenters. The molecule has 9 heteroatoms. The molecule has 0 atom stereocenters. The quantitative estimate of drug-likeness (QED) is 0.389. The van der Waals surface area contributed by atoms with Gasteiger partial charge in [0, 0.05) is 29.7 Å². The van der Waals surface area contributed by atoms with Gasteiger partial charge in [-0.1, -0.05) is 35.2 Å². The largest absolute Gasteiger partial charge is 0.748 e. The van der Waals surface area contributed by atoms with Crippen molar-refractivity contribution in [2.45, 2.75) is 24.8 Å². The van der Waals surface area contributed by atoms with Crippen LogP contribution in [0.4, 0.5) is 5.69 Å². The first-order valence-electron chi connectivity index (χ1n) is 9.59. The second-order valence-electron chi connectivity index (χ2n) is 6.84. The van der Waals surface area contributed by atoms with Crippen LogP contribution in [0.5, 0.6) is 5.75 Å². The van der Waals surface area contributed by atoms with Gasteiger partial charge in [0.2, 0.25) is 5.52 Å². The molecule has 6 nitrogen and oxygen atoms in total. The number of thioether (sulfide) groups is 1. The van der Waals surface area contributed by atoms with Crippen LogP contribution in [0.3, 0.4) is 0 Å². The van der Waals surface area contributed by atoms with Gasteiger partial charge in [0.15, 0.2) is 6.54 Å². The van der Waals surface area contributed by atoms with E-state index in [2.05, 4.69) is 34.6 Å². The molecular weight excluding hydrogens is 440 g/mol. The second-order valence-corrected chi connectivity index (χ2v) is 10.5. The number of rotatable bonds is 7. The van der Waals surface area contributed by atoms with Crippen LogP contribution in [0.15, 0.2) is 52.4 Å². The van der Waals surface area contributed by atoms with E-state index in [-0.39, 0.29) is 12.2 Å². The first kappa shape index (κ1) is 21.2. The highest BCUT2D eigenvalue weighted by Gasteiger charge is 2.27. The fourth-order valence-electron chi connectivity index (χ4n) is 3.54. The minimum atomic E-state index is -4.22. The highest BCUT2D eigenvalue weighted by atomic mass is 32.2. The summed E-state index contributed by atoms with van der Waals surface area (Å²) in [5, 5.41) is 2.14. The van der Waals surface area contributed by atoms with Crippen molar-refractivity contribution in [2.75, 3.05) is 24.3 Å². The van der Waals surface area contributed by atoms with Gasteiger partial charge in [0.25, 0.3) is 5.01 Å². The van der Waals surface area contributed by atoms with Gasteiger partial charge in [-0.05, 0) is 31.2 Å². The second kappa shape index (κ2) is 8.58. The SMILES string of the molecule is CCN1/C(=C/c2sc3ccccc3[n+]2CCCS(=O)(=O)[O-])Sc2cc(OC)ccc21. The molecule has 158 valence electrons. The average Bonchev–Trinajstić information content (AvgIpc) is 3.24. The molecule has 1 aliphatic heterocycles. The summed E-state index contributed by atoms with van der Waals surface area (Å²) in [6.07, 6.45) is 2.44. The number of aromatic nitrogens is 1. The van der Waals surface area contributed by atoms with Crippen LogP contribution < -0.4 is 14.2 Å². The van der Waals surface area contributed by atoms with E-state index >= 15 is 0 Å². The molecule has 0 saturated carbocycles. The Balaban J connectivity index is 1.72. The zero-order chi connectivity index (χ0) is 21.3. The lowest BCUT2D eigenvalue weighted by molar-refractivity contribution is -0.668. The number of methoxy groups -OCH3 is 1. The summed E-state index contributed by atoms with van der Waals surface area (Å²) in [5.74, 6) is 0.468. The highest BCUT2D eigenvalue weighted by Crippen LogP contribution is 2.48. The lowest BCUT2D eigenvalue weighted by Crippen LogP contribution is -2.36. The summed E-state index contributed by atoms with van der Waals surface area (Å²) in [6, 6.07) is 14.1. The van der Waals surface area contributed by atoms with Crippen molar-refractivity contribution in [3.63, 3.8) is 0 Å². The van der Waals surface area contributed by atoms with Crippen LogP contribution in [0, 0.1) is 0 Å². The van der Waals surface area contributed by atoms with E-state index in [1.54, 1.807) is 30.2 Å². The predicted octanol–water partition coefficient (Wildman–Crippen LogP) is 4.06. The zero-order valence-corrected chi connectivity index (χ0v) is 19.1. The van der Waals surface area contributed by atoms with E-state index in [1.807, 2.05) is 30.3 Å². The normalized spacial score (nSPS) is 15.2. The number of hydrogen-bond acceptors (Lipinski definition) is 7. The molecule has 0 spiro atoms. The monoisotopic (exact) mass is 462 g/mol. The number of thiazole rings is 1. The third-order valence-electron chi connectivity index (χ3n) is 4.91. The van der Waals surface area contributed by atoms with Crippen molar-refractivity contribution in [3.8, 4) is 5.75 Å². The third-order valence-corrected chi connectivity index (χ3v) is 7.91. The van der Waals surface area contributed by atoms with E-state index in [0.717, 1.165) is 43.1 Å². The van der Waals surface area contributed by atoms with E-state index in [9.17, 15) is 13.0 Å². The van der Waals surface area contributed by atoms with Crippen molar-refractivity contribution < 1.29 is 22.3 Å². The number of hydrogen-bond donors (Lipinski definition) is 0. The van der Waals surface area contributed by atoms with Gasteiger partial charge in [-0.25, -0.2) is 8.42 Å². The predicted molar refractivity (Wildman–Crippen MR) is 121 cm³/mol. The van der Waals surface area contributed by atoms with Gasteiger partial charge in [0.1, 0.15) is 10.4 Å². The van der Waals surface area contributed by atoms with Gasteiger partial charge < -0.3 is 14.2 Å². The van der Waals surface area contributed by atoms with Crippen molar-refractivity contribution in [3.05, 3.63) is 52.5 Å². The van der Waals surface area contributed by atoms with Crippen molar-refractivity contribution in [1.29, 1.82) is 0 Å². The average molecular weight is 463 g/mol. The molecule has 1 aromatic heterocycles. The molecule has 0 radical (unpaired) electrons. The van der Waals surface area contributed by atoms with Crippen molar-refractivity contribution in [2.24, 2.45) is 0 Å². The van der Waals surface area contributed by atoms with Crippen LogP contribution in [0.1, 0.15) is 18.4 Å². The minimum Gasteiger partial charge on any atom is -0.748 e. The molecule has 4 rings (SSSR count). The maximum atomic E-state index is 11.1. The summed E-state index contributed by atoms with van der Waals surface area (Å²) in [6.45, 7) is 3.42. The maximum absolute atomic E-state index is 11.1. The molecule has 2 aromatic carbocycles. The fourth-order valence-corrected chi connectivity index (χ4v) is 6.42. The Morgan fingerprint density at radius 1 is 1.23 bits per heavy atom. The summed E-state index contributed by atoms with van der Waals surface area (Å²) in [7, 11) is -2.56. The summed E-state index contributed by atoms with van der Waals surface area (Å²) < 4.78 is 41.8. The highest BCUT2D eigenvalue weighted by molar-refractivity contribution is 8.03. The number of nitrogens with zero attached hydrogens (tertiary/aromatic N) is 2. The van der Waals surface area contributed by atoms with E-state index in [0.29, 0.717) is 6.54 Å². The van der Waals surface area contributed by atoms with Crippen LogP contribution >= 0.6 is 23.1 Å². The van der Waals surface area contributed by atoms with Crippen molar-refractivity contribution >= 4 is 55.2 Å². The Morgan fingerprint density at radius 3 is 2.77 bits per heavy atom. The van der Waals surface area contributed by atoms with E-state index in [1.165, 1.54) is 0 Å². The number of para-hydroxylation sites is 1. The maximum Gasteiger partial charge on any atom is 0.265 e. The topological polar surface area (TPSA) is 73.6 Å². The number of anilines is 1. The number of ether oxygens (including phenoxy) is 1. The van der Waals surface area contributed by atoms with E-state index in [4.69, 9.17) is 4.74 Å². The molecule has 0 amide bonds. The van der Waals surface area contributed by atoms with E-state index < -0.39 is 10.1 Å². The lowest BCUT2D eigenvalue weighted by Gasteiger charge is -2.17. The molecule has 0 aliphatic carbocycles. The molecule has 0 bridgehead atoms. The fraction of sp³-hybridized carbons (Fsp3) is 0.286. The molecule has 0 fully saturated rings. The van der Waals surface area contributed by atoms with Gasteiger partial charge >= 0.3 is 0 Å². The van der Waals surface area contributed by atoms with Crippen LogP contribution in [-0.2, 0) is 16.7 Å². The third kappa shape index (κ3) is 4.34. The molecular formula is C21H22N2O4S3. The summed E-state index contributed by atoms with van der Waals surface area (Å²) in [5.41, 5.74) is 2.20. The standard InChI is InChI=1S/C21H22N2O4S3/c1-3-22-17-10-9-15(27-2)13-19(17)29-20(22)14-21-23(11-6-12-30(24,25)26)16-7-4-5-8-18(16)28-21/h4-5,7-10,13-14H,3,6,11-12H2,1-2H3. The Hall–Kier alpha value is -2.07.